The number of benzene rings is 2. The summed E-state index contributed by atoms with van der Waals surface area (Å²) in [5, 5.41) is 2.95. The standard InChI is InChI=1S/C20H26N2O5S/c1-4-17-9-5-6-11-19(17)21-20(23)22(12-13-26-2)15-16-8-7-10-18(14-16)27-28(3,24)25/h5-11,14H,4,12-13,15H2,1-3H3,(H,21,23). The fraction of sp³-hybridized carbons (Fsp3) is 0.350. The van der Waals surface area contributed by atoms with Crippen LogP contribution in [0.15, 0.2) is 48.5 Å². The van der Waals surface area contributed by atoms with Gasteiger partial charge in [-0.15, -0.1) is 0 Å². The molecular weight excluding hydrogens is 380 g/mol. The molecule has 0 saturated carbocycles. The molecule has 0 aliphatic rings. The molecule has 0 atom stereocenters. The monoisotopic (exact) mass is 406 g/mol. The molecule has 2 aromatic carbocycles. The van der Waals surface area contributed by atoms with E-state index in [0.29, 0.717) is 13.2 Å². The zero-order valence-corrected chi connectivity index (χ0v) is 17.2. The Labute approximate surface area is 166 Å². The van der Waals surface area contributed by atoms with Crippen molar-refractivity contribution >= 4 is 21.8 Å². The van der Waals surface area contributed by atoms with Crippen molar-refractivity contribution in [3.63, 3.8) is 0 Å². The van der Waals surface area contributed by atoms with Crippen LogP contribution in [0.4, 0.5) is 10.5 Å². The van der Waals surface area contributed by atoms with Crippen LogP contribution in [0, 0.1) is 0 Å². The van der Waals surface area contributed by atoms with Gasteiger partial charge in [0.15, 0.2) is 0 Å². The van der Waals surface area contributed by atoms with Gasteiger partial charge < -0.3 is 19.1 Å². The smallest absolute Gasteiger partial charge is 0.322 e. The van der Waals surface area contributed by atoms with Crippen LogP contribution >= 0.6 is 0 Å². The molecule has 28 heavy (non-hydrogen) atoms. The topological polar surface area (TPSA) is 84.9 Å². The summed E-state index contributed by atoms with van der Waals surface area (Å²) in [6.07, 6.45) is 1.79. The van der Waals surface area contributed by atoms with Gasteiger partial charge >= 0.3 is 16.1 Å². The van der Waals surface area contributed by atoms with E-state index in [2.05, 4.69) is 5.32 Å². The molecule has 0 unspecified atom stereocenters. The number of rotatable bonds is 9. The number of methoxy groups -OCH3 is 1. The maximum absolute atomic E-state index is 12.8. The van der Waals surface area contributed by atoms with Crippen LogP contribution in [0.2, 0.25) is 0 Å². The van der Waals surface area contributed by atoms with Crippen molar-refractivity contribution in [2.75, 3.05) is 31.8 Å². The van der Waals surface area contributed by atoms with E-state index in [1.54, 1.807) is 30.2 Å². The molecule has 0 saturated heterocycles. The molecule has 0 radical (unpaired) electrons. The molecule has 0 aliphatic heterocycles. The van der Waals surface area contributed by atoms with Crippen LogP contribution < -0.4 is 9.50 Å². The largest absolute Gasteiger partial charge is 0.383 e. The van der Waals surface area contributed by atoms with Gasteiger partial charge in [-0.05, 0) is 35.7 Å². The van der Waals surface area contributed by atoms with E-state index < -0.39 is 10.1 Å². The predicted molar refractivity (Wildman–Crippen MR) is 109 cm³/mol. The van der Waals surface area contributed by atoms with Crippen LogP contribution in [-0.2, 0) is 27.8 Å². The molecule has 0 heterocycles. The number of hydrogen-bond donors (Lipinski definition) is 1. The zero-order valence-electron chi connectivity index (χ0n) is 16.3. The molecule has 0 bridgehead atoms. The Morgan fingerprint density at radius 3 is 2.57 bits per heavy atom. The van der Waals surface area contributed by atoms with Crippen molar-refractivity contribution in [2.24, 2.45) is 0 Å². The first kappa shape index (κ1) is 21.7. The molecule has 152 valence electrons. The van der Waals surface area contributed by atoms with Crippen LogP contribution in [0.5, 0.6) is 5.75 Å². The summed E-state index contributed by atoms with van der Waals surface area (Å²) in [4.78, 5) is 14.4. The van der Waals surface area contributed by atoms with Gasteiger partial charge in [-0.2, -0.15) is 8.42 Å². The second kappa shape index (κ2) is 10.1. The number of carbonyl (C=O) groups excluding carboxylic acids is 1. The number of anilines is 1. The first-order chi connectivity index (χ1) is 13.3. The minimum atomic E-state index is -3.61. The maximum Gasteiger partial charge on any atom is 0.322 e. The molecule has 2 aromatic rings. The normalized spacial score (nSPS) is 11.1. The van der Waals surface area contributed by atoms with Crippen LogP contribution in [0.3, 0.4) is 0 Å². The van der Waals surface area contributed by atoms with E-state index in [0.717, 1.165) is 29.5 Å². The zero-order chi connectivity index (χ0) is 20.6. The third-order valence-corrected chi connectivity index (χ3v) is 4.51. The summed E-state index contributed by atoms with van der Waals surface area (Å²) in [6.45, 7) is 3.07. The first-order valence-corrected chi connectivity index (χ1v) is 10.7. The van der Waals surface area contributed by atoms with Gasteiger partial charge in [0.05, 0.1) is 12.9 Å². The predicted octanol–water partition coefficient (Wildman–Crippen LogP) is 3.27. The lowest BCUT2D eigenvalue weighted by Crippen LogP contribution is -2.37. The van der Waals surface area contributed by atoms with Gasteiger partial charge in [-0.3, -0.25) is 0 Å². The highest BCUT2D eigenvalue weighted by atomic mass is 32.2. The van der Waals surface area contributed by atoms with Gasteiger partial charge in [0.25, 0.3) is 0 Å². The summed E-state index contributed by atoms with van der Waals surface area (Å²) < 4.78 is 32.7. The fourth-order valence-electron chi connectivity index (χ4n) is 2.69. The van der Waals surface area contributed by atoms with Crippen molar-refractivity contribution in [3.05, 3.63) is 59.7 Å². The van der Waals surface area contributed by atoms with Gasteiger partial charge in [0.2, 0.25) is 0 Å². The molecule has 2 rings (SSSR count). The van der Waals surface area contributed by atoms with Crippen LogP contribution in [0.1, 0.15) is 18.1 Å². The number of carbonyl (C=O) groups is 1. The maximum atomic E-state index is 12.8. The van der Waals surface area contributed by atoms with Gasteiger partial charge in [0, 0.05) is 25.9 Å². The van der Waals surface area contributed by atoms with Gasteiger partial charge in [-0.25, -0.2) is 4.79 Å². The Kier molecular flexibility index (Phi) is 7.83. The summed E-state index contributed by atoms with van der Waals surface area (Å²) >= 11 is 0. The number of urea groups is 1. The summed E-state index contributed by atoms with van der Waals surface area (Å²) in [7, 11) is -2.04. The highest BCUT2D eigenvalue weighted by Crippen LogP contribution is 2.19. The fourth-order valence-corrected chi connectivity index (χ4v) is 3.14. The summed E-state index contributed by atoms with van der Waals surface area (Å²) in [5.74, 6) is 0.212. The lowest BCUT2D eigenvalue weighted by Gasteiger charge is -2.24. The van der Waals surface area contributed by atoms with E-state index in [1.165, 1.54) is 0 Å². The van der Waals surface area contributed by atoms with E-state index in [4.69, 9.17) is 8.92 Å². The van der Waals surface area contributed by atoms with E-state index in [-0.39, 0.29) is 18.3 Å². The van der Waals surface area contributed by atoms with Crippen molar-refractivity contribution in [1.82, 2.24) is 4.90 Å². The quantitative estimate of drug-likeness (QED) is 0.646. The third-order valence-electron chi connectivity index (χ3n) is 4.01. The average Bonchev–Trinajstić information content (AvgIpc) is 2.64. The van der Waals surface area contributed by atoms with Crippen molar-refractivity contribution < 1.29 is 22.1 Å². The lowest BCUT2D eigenvalue weighted by atomic mass is 10.1. The highest BCUT2D eigenvalue weighted by molar-refractivity contribution is 7.86. The molecule has 0 fully saturated rings. The number of ether oxygens (including phenoxy) is 1. The molecular formula is C20H26N2O5S. The summed E-state index contributed by atoms with van der Waals surface area (Å²) in [6, 6.07) is 14.1. The number of para-hydroxylation sites is 1. The Bertz CT molecular complexity index is 899. The minimum absolute atomic E-state index is 0.212. The molecule has 0 aromatic heterocycles. The third kappa shape index (κ3) is 6.86. The number of amides is 2. The van der Waals surface area contributed by atoms with Gasteiger partial charge in [0.1, 0.15) is 5.75 Å². The molecule has 0 aliphatic carbocycles. The van der Waals surface area contributed by atoms with Crippen molar-refractivity contribution in [1.29, 1.82) is 0 Å². The van der Waals surface area contributed by atoms with Crippen molar-refractivity contribution in [2.45, 2.75) is 19.9 Å². The molecule has 2 amide bonds. The first-order valence-electron chi connectivity index (χ1n) is 8.93. The average molecular weight is 407 g/mol. The Hall–Kier alpha value is -2.58. The van der Waals surface area contributed by atoms with E-state index >= 15 is 0 Å². The number of nitrogens with one attached hydrogen (secondary N) is 1. The van der Waals surface area contributed by atoms with Crippen LogP contribution in [-0.4, -0.2) is 45.9 Å². The SMILES string of the molecule is CCc1ccccc1NC(=O)N(CCOC)Cc1cccc(OS(C)(=O)=O)c1. The van der Waals surface area contributed by atoms with E-state index in [9.17, 15) is 13.2 Å². The highest BCUT2D eigenvalue weighted by Gasteiger charge is 2.16. The second-order valence-corrected chi connectivity index (χ2v) is 7.86. The summed E-state index contributed by atoms with van der Waals surface area (Å²) in [5.41, 5.74) is 2.56. The molecule has 7 nitrogen and oxygen atoms in total. The Balaban J connectivity index is 2.17. The van der Waals surface area contributed by atoms with E-state index in [1.807, 2.05) is 37.3 Å². The number of aryl methyl sites for hydroxylation is 1. The lowest BCUT2D eigenvalue weighted by molar-refractivity contribution is 0.153. The Morgan fingerprint density at radius 2 is 1.89 bits per heavy atom. The Morgan fingerprint density at radius 1 is 1.14 bits per heavy atom. The van der Waals surface area contributed by atoms with Gasteiger partial charge in [-0.1, -0.05) is 37.3 Å². The number of nitrogens with zero attached hydrogens (tertiary/aromatic N) is 1. The van der Waals surface area contributed by atoms with Crippen molar-refractivity contribution in [3.8, 4) is 5.75 Å². The molecule has 0 spiro atoms. The molecule has 1 N–H and O–H groups in total. The number of hydrogen-bond acceptors (Lipinski definition) is 5. The van der Waals surface area contributed by atoms with Crippen LogP contribution in [0.25, 0.3) is 0 Å². The second-order valence-electron chi connectivity index (χ2n) is 6.29. The minimum Gasteiger partial charge on any atom is -0.383 e. The molecule has 8 heteroatoms.